The van der Waals surface area contributed by atoms with Gasteiger partial charge in [0.1, 0.15) is 0 Å². The lowest BCUT2D eigenvalue weighted by Crippen LogP contribution is -2.25. The summed E-state index contributed by atoms with van der Waals surface area (Å²) in [7, 11) is 0. The highest BCUT2D eigenvalue weighted by Gasteiger charge is 2.14. The first-order valence-corrected chi connectivity index (χ1v) is 7.74. The molecule has 0 aliphatic rings. The fraction of sp³-hybridized carbons (Fsp3) is 0.375. The lowest BCUT2D eigenvalue weighted by molar-refractivity contribution is 0.524. The van der Waals surface area contributed by atoms with Gasteiger partial charge < -0.3 is 5.32 Å². The maximum atomic E-state index is 4.40. The van der Waals surface area contributed by atoms with Crippen molar-refractivity contribution in [3.63, 3.8) is 0 Å². The Morgan fingerprint density at radius 2 is 2.20 bits per heavy atom. The summed E-state index contributed by atoms with van der Waals surface area (Å²) in [6, 6.07) is 6.56. The van der Waals surface area contributed by atoms with Crippen molar-refractivity contribution in [2.75, 3.05) is 6.54 Å². The van der Waals surface area contributed by atoms with Crippen LogP contribution in [0.15, 0.2) is 41.3 Å². The number of hydrogen-bond donors (Lipinski definition) is 1. The molecule has 1 N–H and O–H groups in total. The fourth-order valence-electron chi connectivity index (χ4n) is 2.28. The molecule has 2 heterocycles. The molecule has 0 aromatic carbocycles. The lowest BCUT2D eigenvalue weighted by atomic mass is 9.98. The Kier molecular flexibility index (Phi) is 5.68. The van der Waals surface area contributed by atoms with Crippen molar-refractivity contribution in [3.05, 3.63) is 58.1 Å². The second-order valence-electron chi connectivity index (χ2n) is 4.90. The summed E-state index contributed by atoms with van der Waals surface area (Å²) in [6.07, 6.45) is 7.62. The van der Waals surface area contributed by atoms with E-state index in [1.54, 1.807) is 0 Å². The molecule has 0 fully saturated rings. The molecule has 0 radical (unpaired) electrons. The molecule has 3 nitrogen and oxygen atoms in total. The van der Waals surface area contributed by atoms with E-state index in [2.05, 4.69) is 57.2 Å². The molecule has 2 aromatic heterocycles. The van der Waals surface area contributed by atoms with E-state index in [-0.39, 0.29) is 6.04 Å². The van der Waals surface area contributed by atoms with Gasteiger partial charge in [-0.05, 0) is 65.5 Å². The topological polar surface area (TPSA) is 37.8 Å². The first kappa shape index (κ1) is 15.1. The van der Waals surface area contributed by atoms with Gasteiger partial charge in [-0.25, -0.2) is 0 Å². The van der Waals surface area contributed by atoms with Crippen LogP contribution in [0.4, 0.5) is 0 Å². The predicted octanol–water partition coefficient (Wildman–Crippen LogP) is 3.83. The largest absolute Gasteiger partial charge is 0.310 e. The number of hydrogen-bond acceptors (Lipinski definition) is 3. The van der Waals surface area contributed by atoms with Crippen molar-refractivity contribution in [1.29, 1.82) is 0 Å². The Morgan fingerprint density at radius 3 is 2.90 bits per heavy atom. The molecule has 106 valence electrons. The van der Waals surface area contributed by atoms with Crippen LogP contribution in [0.5, 0.6) is 0 Å². The molecule has 1 atom stereocenters. The summed E-state index contributed by atoms with van der Waals surface area (Å²) in [5, 5.41) is 3.61. The first-order valence-electron chi connectivity index (χ1n) is 6.95. The van der Waals surface area contributed by atoms with Gasteiger partial charge in [0.15, 0.2) is 0 Å². The van der Waals surface area contributed by atoms with Gasteiger partial charge in [-0.15, -0.1) is 0 Å². The van der Waals surface area contributed by atoms with Crippen molar-refractivity contribution in [2.24, 2.45) is 0 Å². The van der Waals surface area contributed by atoms with Crippen LogP contribution in [0.3, 0.4) is 0 Å². The van der Waals surface area contributed by atoms with Gasteiger partial charge in [-0.3, -0.25) is 9.97 Å². The van der Waals surface area contributed by atoms with Crippen LogP contribution in [0, 0.1) is 6.92 Å². The van der Waals surface area contributed by atoms with Gasteiger partial charge in [0, 0.05) is 34.8 Å². The maximum Gasteiger partial charge on any atom is 0.0420 e. The van der Waals surface area contributed by atoms with Crippen molar-refractivity contribution in [3.8, 4) is 0 Å². The third-order valence-corrected chi connectivity index (χ3v) is 3.70. The van der Waals surface area contributed by atoms with E-state index in [9.17, 15) is 0 Å². The van der Waals surface area contributed by atoms with Gasteiger partial charge in [0.25, 0.3) is 0 Å². The Morgan fingerprint density at radius 1 is 1.35 bits per heavy atom. The van der Waals surface area contributed by atoms with Crippen LogP contribution in [0.1, 0.15) is 36.2 Å². The average molecular weight is 334 g/mol. The van der Waals surface area contributed by atoms with Gasteiger partial charge in [-0.1, -0.05) is 13.0 Å². The predicted molar refractivity (Wildman–Crippen MR) is 85.6 cm³/mol. The van der Waals surface area contributed by atoms with Gasteiger partial charge in [0.05, 0.1) is 0 Å². The van der Waals surface area contributed by atoms with Crippen LogP contribution >= 0.6 is 15.9 Å². The van der Waals surface area contributed by atoms with Gasteiger partial charge in [0.2, 0.25) is 0 Å². The van der Waals surface area contributed by atoms with Gasteiger partial charge >= 0.3 is 0 Å². The molecule has 4 heteroatoms. The van der Waals surface area contributed by atoms with Crippen LogP contribution < -0.4 is 5.32 Å². The zero-order valence-corrected chi connectivity index (χ0v) is 13.5. The Hall–Kier alpha value is -1.26. The standard InChI is InChI=1S/C16H20BrN3/c1-3-6-20-16(15-5-4-7-19-12(15)2)9-13-8-14(17)11-18-10-13/h4-5,7-8,10-11,16,20H,3,6,9H2,1-2H3. The summed E-state index contributed by atoms with van der Waals surface area (Å²) in [5.41, 5.74) is 3.57. The lowest BCUT2D eigenvalue weighted by Gasteiger charge is -2.20. The molecule has 2 rings (SSSR count). The summed E-state index contributed by atoms with van der Waals surface area (Å²) in [6.45, 7) is 5.25. The smallest absolute Gasteiger partial charge is 0.0420 e. The SMILES string of the molecule is CCCNC(Cc1cncc(Br)c1)c1cccnc1C. The average Bonchev–Trinajstić information content (AvgIpc) is 2.44. The highest BCUT2D eigenvalue weighted by molar-refractivity contribution is 9.10. The van der Waals surface area contributed by atoms with E-state index in [0.29, 0.717) is 0 Å². The number of pyridine rings is 2. The van der Waals surface area contributed by atoms with Crippen LogP contribution in [-0.2, 0) is 6.42 Å². The van der Waals surface area contributed by atoms with Crippen molar-refractivity contribution in [1.82, 2.24) is 15.3 Å². The second-order valence-corrected chi connectivity index (χ2v) is 5.82. The van der Waals surface area contributed by atoms with Crippen LogP contribution in [0.2, 0.25) is 0 Å². The molecular formula is C16H20BrN3. The Labute approximate surface area is 129 Å². The van der Waals surface area contributed by atoms with E-state index in [4.69, 9.17) is 0 Å². The molecule has 1 unspecified atom stereocenters. The van der Waals surface area contributed by atoms with E-state index in [1.807, 2.05) is 24.7 Å². The summed E-state index contributed by atoms with van der Waals surface area (Å²) in [4.78, 5) is 8.65. The highest BCUT2D eigenvalue weighted by Crippen LogP contribution is 2.21. The molecule has 0 bridgehead atoms. The summed E-state index contributed by atoms with van der Waals surface area (Å²) >= 11 is 3.48. The molecule has 0 saturated carbocycles. The maximum absolute atomic E-state index is 4.40. The number of nitrogens with zero attached hydrogens (tertiary/aromatic N) is 2. The minimum Gasteiger partial charge on any atom is -0.310 e. The van der Waals surface area contributed by atoms with Crippen molar-refractivity contribution in [2.45, 2.75) is 32.7 Å². The molecule has 0 saturated heterocycles. The molecular weight excluding hydrogens is 314 g/mol. The summed E-state index contributed by atoms with van der Waals surface area (Å²) in [5.74, 6) is 0. The van der Waals surface area contributed by atoms with Crippen LogP contribution in [-0.4, -0.2) is 16.5 Å². The normalized spacial score (nSPS) is 12.3. The zero-order chi connectivity index (χ0) is 14.4. The highest BCUT2D eigenvalue weighted by atomic mass is 79.9. The quantitative estimate of drug-likeness (QED) is 0.872. The van der Waals surface area contributed by atoms with E-state index in [1.165, 1.54) is 11.1 Å². The van der Waals surface area contributed by atoms with E-state index in [0.717, 1.165) is 29.6 Å². The van der Waals surface area contributed by atoms with Crippen LogP contribution in [0.25, 0.3) is 0 Å². The molecule has 0 aliphatic heterocycles. The molecule has 0 spiro atoms. The first-order chi connectivity index (χ1) is 9.70. The third-order valence-electron chi connectivity index (χ3n) is 3.27. The monoisotopic (exact) mass is 333 g/mol. The third kappa shape index (κ3) is 4.12. The molecule has 2 aromatic rings. The molecule has 20 heavy (non-hydrogen) atoms. The minimum atomic E-state index is 0.278. The minimum absolute atomic E-state index is 0.278. The zero-order valence-electron chi connectivity index (χ0n) is 11.9. The van der Waals surface area contributed by atoms with E-state index < -0.39 is 0 Å². The van der Waals surface area contributed by atoms with E-state index >= 15 is 0 Å². The Bertz CT molecular complexity index is 557. The Balaban J connectivity index is 2.22. The molecule has 0 amide bonds. The molecule has 0 aliphatic carbocycles. The number of rotatable bonds is 6. The second kappa shape index (κ2) is 7.50. The van der Waals surface area contributed by atoms with Gasteiger partial charge in [-0.2, -0.15) is 0 Å². The number of halogens is 1. The van der Waals surface area contributed by atoms with Crippen molar-refractivity contribution < 1.29 is 0 Å². The number of aromatic nitrogens is 2. The fourth-order valence-corrected chi connectivity index (χ4v) is 2.69. The summed E-state index contributed by atoms with van der Waals surface area (Å²) < 4.78 is 1.02. The number of nitrogens with one attached hydrogen (secondary N) is 1. The number of aryl methyl sites for hydroxylation is 1. The van der Waals surface area contributed by atoms with Crippen molar-refractivity contribution >= 4 is 15.9 Å².